The molecule has 5 aromatic rings. The minimum Gasteiger partial charge on any atom is -0.495 e. The number of aliphatic hydroxyl groups is 1. The number of hydrogen-bond donors (Lipinski definition) is 5. The van der Waals surface area contributed by atoms with Crippen LogP contribution in [0.1, 0.15) is 88.1 Å². The number of methoxy groups -OCH3 is 2. The summed E-state index contributed by atoms with van der Waals surface area (Å²) in [7, 11) is 9.25. The molecule has 2 saturated heterocycles. The number of aryl methyl sites for hydroxylation is 1. The number of likely N-dealkylation sites (N-methyl/N-ethyl adjacent to an activating group) is 1. The van der Waals surface area contributed by atoms with Crippen LogP contribution in [0.25, 0.3) is 22.0 Å². The van der Waals surface area contributed by atoms with Gasteiger partial charge in [-0.1, -0.05) is 109 Å². The highest BCUT2D eigenvalue weighted by Gasteiger charge is 2.64. The standard InChI is InChI=1S/C72H90ClN9O17/c1-43-18-17-25-59(93-10)72(91)40-58(97-69(89)77-72)44(2)66-71(4,99-66)60(39-64(86)80(7)56-35-46(34-43)36-57(92-9)65(56)73)98-68(88)45(3)79(6)63(85)27-30-94-32-33-95-31-28-75-67(87)54(38-61(74)83)76-62(84)26-29-82-48(37-47-19-11-16-24-55(47)82)41-78(5)81(8)70(90)96-42-53-51-22-14-12-20-49(51)50-21-13-15-23-52(50)53/h11-25,35-37,44-45,53-54,58-60,66,91H,26-34,38-42H2,1-10H3,(H2,74,83)(H,75,87)(H,76,84)(H,77,89)/b25-17+,43-18+/t44-,45+,54?,58+,59-,60+,66?,71+,72+/m1/s1. The van der Waals surface area contributed by atoms with Gasteiger partial charge in [0.15, 0.2) is 5.72 Å². The molecule has 6 N–H and O–H groups in total. The fourth-order valence-corrected chi connectivity index (χ4v) is 13.3. The molecule has 27 heteroatoms. The molecule has 0 saturated carbocycles. The molecule has 4 bridgehead atoms. The highest BCUT2D eigenvalue weighted by Crippen LogP contribution is 2.50. The number of allylic oxidation sites excluding steroid dienone is 3. The third-order valence-corrected chi connectivity index (χ3v) is 19.3. The molecule has 0 radical (unpaired) electrons. The highest BCUT2D eigenvalue weighted by atomic mass is 35.5. The first-order valence-electron chi connectivity index (χ1n) is 33.0. The highest BCUT2D eigenvalue weighted by molar-refractivity contribution is 6.35. The average molecular weight is 1390 g/mol. The van der Waals surface area contributed by atoms with Crippen molar-refractivity contribution in [1.29, 1.82) is 0 Å². The van der Waals surface area contributed by atoms with Gasteiger partial charge in [-0.2, -0.15) is 0 Å². The van der Waals surface area contributed by atoms with Gasteiger partial charge < -0.3 is 73.7 Å². The Morgan fingerprint density at radius 3 is 2.27 bits per heavy atom. The number of carbonyl (C=O) groups is 8. The van der Waals surface area contributed by atoms with Crippen LogP contribution < -0.4 is 31.3 Å². The smallest absolute Gasteiger partial charge is 0.424 e. The van der Waals surface area contributed by atoms with Gasteiger partial charge in [-0.15, -0.1) is 0 Å². The number of hydrazine groups is 1. The van der Waals surface area contributed by atoms with Crippen molar-refractivity contribution in [1.82, 2.24) is 35.4 Å². The van der Waals surface area contributed by atoms with Crippen molar-refractivity contribution in [2.45, 2.75) is 133 Å². The van der Waals surface area contributed by atoms with Crippen molar-refractivity contribution in [3.63, 3.8) is 0 Å². The number of primary amides is 1. The Balaban J connectivity index is 0.721. The number of nitrogens with one attached hydrogen (secondary N) is 3. The number of hydrogen-bond acceptors (Lipinski definition) is 18. The van der Waals surface area contributed by atoms with Crippen molar-refractivity contribution in [2.75, 3.05) is 86.9 Å². The van der Waals surface area contributed by atoms with E-state index in [4.69, 9.17) is 55.2 Å². The topological polar surface area (TPSA) is 314 Å². The Labute approximate surface area is 580 Å². The SMILES string of the molecule is COc1cc2cc(c1Cl)N(C)C(=O)C[C@H](OC(=O)[C@H](C)N(C)C(=O)CCOCCOCCNC(=O)C(CC(N)=O)NC(=O)CCn1c(CN(C)N(C)C(=O)OCC3c4ccccc4-c4ccccc43)cc3ccccc31)[C@]1(C)OC1[C@H](C)[C@@H]1C[C@@](O)(NC(=O)O1)[C@H](OC)/C=C/C=C(\C)C2. The maximum atomic E-state index is 14.4. The van der Waals surface area contributed by atoms with E-state index in [9.17, 15) is 43.5 Å². The fourth-order valence-electron chi connectivity index (χ4n) is 13.0. The number of para-hydroxylation sites is 1. The second kappa shape index (κ2) is 32.9. The first-order valence-corrected chi connectivity index (χ1v) is 33.4. The van der Waals surface area contributed by atoms with E-state index >= 15 is 0 Å². The Bertz CT molecular complexity index is 3820. The summed E-state index contributed by atoms with van der Waals surface area (Å²) >= 11 is 6.84. The first-order chi connectivity index (χ1) is 47.2. The number of anilines is 1. The van der Waals surface area contributed by atoms with Gasteiger partial charge in [0, 0.05) is 84.3 Å². The Hall–Kier alpha value is -8.89. The van der Waals surface area contributed by atoms with Gasteiger partial charge >= 0.3 is 18.2 Å². The van der Waals surface area contributed by atoms with E-state index < -0.39 is 114 Å². The van der Waals surface area contributed by atoms with Crippen LogP contribution in [-0.2, 0) is 81.4 Å². The molecule has 99 heavy (non-hydrogen) atoms. The van der Waals surface area contributed by atoms with Gasteiger partial charge in [-0.3, -0.25) is 29.3 Å². The number of benzene rings is 4. The lowest BCUT2D eigenvalue weighted by molar-refractivity contribution is -0.162. The van der Waals surface area contributed by atoms with E-state index in [1.54, 1.807) is 64.3 Å². The molecule has 4 aliphatic rings. The zero-order chi connectivity index (χ0) is 71.5. The molecular weight excluding hydrogens is 1300 g/mol. The van der Waals surface area contributed by atoms with Gasteiger partial charge in [0.05, 0.1) is 71.1 Å². The molecular formula is C72H90ClN9O17. The van der Waals surface area contributed by atoms with Crippen molar-refractivity contribution < 1.29 is 81.4 Å². The molecule has 2 unspecified atom stereocenters. The van der Waals surface area contributed by atoms with Crippen molar-refractivity contribution in [3.05, 3.63) is 142 Å². The zero-order valence-electron chi connectivity index (χ0n) is 57.6. The van der Waals surface area contributed by atoms with Gasteiger partial charge in [0.2, 0.25) is 29.5 Å². The molecule has 2 fully saturated rings. The largest absolute Gasteiger partial charge is 0.495 e. The molecule has 1 aliphatic carbocycles. The normalized spacial score (nSPS) is 22.8. The van der Waals surface area contributed by atoms with Crippen LogP contribution in [-0.4, -0.2) is 202 Å². The van der Waals surface area contributed by atoms with Gasteiger partial charge in [-0.25, -0.2) is 24.4 Å². The molecule has 1 aromatic heterocycles. The van der Waals surface area contributed by atoms with Gasteiger partial charge in [0.25, 0.3) is 0 Å². The second-order valence-electron chi connectivity index (χ2n) is 25.7. The number of aromatic nitrogens is 1. The number of ether oxygens (including phenoxy) is 8. The van der Waals surface area contributed by atoms with Gasteiger partial charge in [-0.05, 0) is 84.7 Å². The maximum Gasteiger partial charge on any atom is 0.424 e. The van der Waals surface area contributed by atoms with E-state index in [2.05, 4.69) is 40.2 Å². The monoisotopic (exact) mass is 1390 g/mol. The molecule has 26 nitrogen and oxygen atoms in total. The predicted octanol–water partition coefficient (Wildman–Crippen LogP) is 6.69. The second-order valence-corrected chi connectivity index (χ2v) is 26.1. The van der Waals surface area contributed by atoms with Crippen LogP contribution in [0.4, 0.5) is 15.3 Å². The van der Waals surface area contributed by atoms with Crippen LogP contribution in [0, 0.1) is 5.92 Å². The third kappa shape index (κ3) is 17.8. The van der Waals surface area contributed by atoms with Crippen molar-refractivity contribution in [2.24, 2.45) is 11.7 Å². The van der Waals surface area contributed by atoms with Crippen LogP contribution in [0.2, 0.25) is 5.02 Å². The summed E-state index contributed by atoms with van der Waals surface area (Å²) in [6, 6.07) is 27.0. The lowest BCUT2D eigenvalue weighted by Crippen LogP contribution is -2.63. The summed E-state index contributed by atoms with van der Waals surface area (Å²) in [5, 5.41) is 24.0. The number of nitrogens with zero attached hydrogens (tertiary/aromatic N) is 5. The number of amides is 7. The summed E-state index contributed by atoms with van der Waals surface area (Å²) in [5.74, 6) is -4.14. The number of esters is 1. The molecule has 9 rings (SSSR count). The molecule has 9 atom stereocenters. The number of carbonyl (C=O) groups excluding carboxylic acids is 8. The molecule has 532 valence electrons. The fraction of sp³-hybridized carbons (Fsp3) is 0.472. The number of epoxide rings is 1. The minimum atomic E-state index is -1.90. The molecule has 0 spiro atoms. The number of fused-ring (bicyclic) bond motifs is 9. The van der Waals surface area contributed by atoms with E-state index in [1.165, 1.54) is 43.0 Å². The van der Waals surface area contributed by atoms with Crippen molar-refractivity contribution in [3.8, 4) is 16.9 Å². The Morgan fingerprint density at radius 1 is 0.909 bits per heavy atom. The summed E-state index contributed by atoms with van der Waals surface area (Å²) in [4.78, 5) is 110. The van der Waals surface area contributed by atoms with Gasteiger partial charge in [0.1, 0.15) is 53.4 Å². The van der Waals surface area contributed by atoms with Crippen LogP contribution in [0.3, 0.4) is 0 Å². The zero-order valence-corrected chi connectivity index (χ0v) is 58.3. The van der Waals surface area contributed by atoms with E-state index in [-0.39, 0.29) is 82.9 Å². The lowest BCUT2D eigenvalue weighted by Gasteiger charge is -2.42. The minimum absolute atomic E-state index is 0.00902. The average Bonchev–Trinajstić information content (AvgIpc) is 1.60. The number of nitrogens with two attached hydrogens (primary N) is 1. The van der Waals surface area contributed by atoms with Crippen molar-refractivity contribution >= 4 is 75.9 Å². The third-order valence-electron chi connectivity index (χ3n) is 18.9. The van der Waals surface area contributed by atoms with E-state index in [0.717, 1.165) is 50.0 Å². The molecule has 4 heterocycles. The first kappa shape index (κ1) is 74.3. The van der Waals surface area contributed by atoms with Crippen LogP contribution in [0.15, 0.2) is 115 Å². The quantitative estimate of drug-likeness (QED) is 0.0127. The number of halogens is 1. The summed E-state index contributed by atoms with van der Waals surface area (Å²) in [6.45, 7) is 7.59. The summed E-state index contributed by atoms with van der Waals surface area (Å²) < 4.78 is 48.7. The lowest BCUT2D eigenvalue weighted by atomic mass is 9.83. The Morgan fingerprint density at radius 2 is 1.59 bits per heavy atom. The maximum absolute atomic E-state index is 14.4. The summed E-state index contributed by atoms with van der Waals surface area (Å²) in [6.07, 6.45) is -0.910. The molecule has 4 aromatic carbocycles. The predicted molar refractivity (Wildman–Crippen MR) is 367 cm³/mol. The Kier molecular flexibility index (Phi) is 24.7. The number of alkyl carbamates (subject to hydrolysis) is 1. The number of rotatable bonds is 26. The van der Waals surface area contributed by atoms with E-state index in [1.807, 2.05) is 72.2 Å². The molecule has 7 amide bonds. The molecule has 3 aliphatic heterocycles. The van der Waals surface area contributed by atoms with E-state index in [0.29, 0.717) is 17.9 Å². The van der Waals surface area contributed by atoms with Crippen LogP contribution in [0.5, 0.6) is 5.75 Å². The van der Waals surface area contributed by atoms with Crippen LogP contribution >= 0.6 is 11.6 Å². The summed E-state index contributed by atoms with van der Waals surface area (Å²) in [5.41, 5.74) is 10.4.